The Morgan fingerprint density at radius 3 is 2.31 bits per heavy atom. The number of nitrogens with two attached hydrogens (primary N) is 1. The van der Waals surface area contributed by atoms with Gasteiger partial charge in [-0.1, -0.05) is 0 Å². The third kappa shape index (κ3) is 2.54. The molecule has 16 heavy (non-hydrogen) atoms. The average Bonchev–Trinajstić information content (AvgIpc) is 2.16. The lowest BCUT2D eigenvalue weighted by molar-refractivity contribution is -0.138. The predicted molar refractivity (Wildman–Crippen MR) is 55.6 cm³/mol. The van der Waals surface area contributed by atoms with Gasteiger partial charge in [-0.25, -0.2) is 0 Å². The highest BCUT2D eigenvalue weighted by atomic mass is 16.5. The molecule has 88 valence electrons. The third-order valence-electron chi connectivity index (χ3n) is 2.09. The number of carbonyl (C=O) groups is 1. The van der Waals surface area contributed by atoms with E-state index in [1.165, 1.54) is 19.2 Å². The molecule has 0 saturated heterocycles. The van der Waals surface area contributed by atoms with E-state index in [0.717, 1.165) is 0 Å². The van der Waals surface area contributed by atoms with Gasteiger partial charge in [-0.3, -0.25) is 4.79 Å². The van der Waals surface area contributed by atoms with Crippen LogP contribution in [-0.2, 0) is 11.2 Å². The zero-order valence-electron chi connectivity index (χ0n) is 8.67. The molecule has 0 spiro atoms. The summed E-state index contributed by atoms with van der Waals surface area (Å²) in [5.74, 6) is -1.70. The first-order chi connectivity index (χ1) is 7.45. The summed E-state index contributed by atoms with van der Waals surface area (Å²) in [6.07, 6.45) is 0.0143. The van der Waals surface area contributed by atoms with Gasteiger partial charge in [-0.15, -0.1) is 0 Å². The Kier molecular flexibility index (Phi) is 3.57. The number of phenolic OH excluding ortho intramolecular Hbond substituents is 2. The molecule has 1 aromatic rings. The van der Waals surface area contributed by atoms with Crippen LogP contribution >= 0.6 is 0 Å². The SMILES string of the molecule is COc1c(O)cc(CC(N)C(=O)O)cc1O. The minimum atomic E-state index is -1.14. The van der Waals surface area contributed by atoms with Gasteiger partial charge in [0, 0.05) is 0 Å². The fourth-order valence-electron chi connectivity index (χ4n) is 1.32. The van der Waals surface area contributed by atoms with E-state index in [9.17, 15) is 15.0 Å². The number of rotatable bonds is 4. The van der Waals surface area contributed by atoms with E-state index >= 15 is 0 Å². The van der Waals surface area contributed by atoms with Crippen LogP contribution < -0.4 is 10.5 Å². The Balaban J connectivity index is 2.96. The van der Waals surface area contributed by atoms with Crippen LogP contribution in [0.1, 0.15) is 5.56 Å². The third-order valence-corrected chi connectivity index (χ3v) is 2.09. The van der Waals surface area contributed by atoms with Gasteiger partial charge >= 0.3 is 5.97 Å². The quantitative estimate of drug-likeness (QED) is 0.578. The fraction of sp³-hybridized carbons (Fsp3) is 0.300. The molecule has 6 nitrogen and oxygen atoms in total. The van der Waals surface area contributed by atoms with Crippen molar-refractivity contribution in [1.29, 1.82) is 0 Å². The lowest BCUT2D eigenvalue weighted by Crippen LogP contribution is -2.32. The largest absolute Gasteiger partial charge is 0.504 e. The number of aliphatic carboxylic acids is 1. The van der Waals surface area contributed by atoms with Crippen LogP contribution in [0.15, 0.2) is 12.1 Å². The standard InChI is InChI=1S/C10H13NO5/c1-16-9-7(12)3-5(4-8(9)13)2-6(11)10(14)15/h3-4,6,12-13H,2,11H2,1H3,(H,14,15). The van der Waals surface area contributed by atoms with Gasteiger partial charge in [0.15, 0.2) is 11.5 Å². The fourth-order valence-corrected chi connectivity index (χ4v) is 1.32. The zero-order chi connectivity index (χ0) is 12.3. The maximum atomic E-state index is 10.5. The first-order valence-electron chi connectivity index (χ1n) is 4.53. The molecule has 0 aromatic heterocycles. The summed E-state index contributed by atoms with van der Waals surface area (Å²) in [6, 6.07) is 1.54. The molecule has 6 heteroatoms. The van der Waals surface area contributed by atoms with Crippen LogP contribution in [0.25, 0.3) is 0 Å². The Morgan fingerprint density at radius 1 is 1.44 bits per heavy atom. The van der Waals surface area contributed by atoms with Crippen molar-refractivity contribution in [2.24, 2.45) is 5.73 Å². The minimum absolute atomic E-state index is 0.0143. The van der Waals surface area contributed by atoms with Gasteiger partial charge in [-0.05, 0) is 24.1 Å². The second kappa shape index (κ2) is 4.71. The normalized spacial score (nSPS) is 12.1. The molecule has 0 fully saturated rings. The Bertz CT molecular complexity index is 381. The van der Waals surface area contributed by atoms with E-state index in [4.69, 9.17) is 15.6 Å². The number of hydrogen-bond acceptors (Lipinski definition) is 5. The second-order valence-electron chi connectivity index (χ2n) is 3.32. The molecule has 5 N–H and O–H groups in total. The maximum Gasteiger partial charge on any atom is 0.320 e. The smallest absolute Gasteiger partial charge is 0.320 e. The second-order valence-corrected chi connectivity index (χ2v) is 3.32. The Morgan fingerprint density at radius 2 is 1.94 bits per heavy atom. The molecule has 1 unspecified atom stereocenters. The summed E-state index contributed by atoms with van der Waals surface area (Å²) in [5, 5.41) is 27.5. The lowest BCUT2D eigenvalue weighted by atomic mass is 10.1. The van der Waals surface area contributed by atoms with Crippen LogP contribution in [0.2, 0.25) is 0 Å². The van der Waals surface area contributed by atoms with E-state index in [1.54, 1.807) is 0 Å². The number of aromatic hydroxyl groups is 2. The number of carboxylic acid groups (broad SMARTS) is 1. The minimum Gasteiger partial charge on any atom is -0.504 e. The lowest BCUT2D eigenvalue weighted by Gasteiger charge is -2.10. The molecule has 1 rings (SSSR count). The molecule has 0 aliphatic carbocycles. The first-order valence-corrected chi connectivity index (χ1v) is 4.53. The first kappa shape index (κ1) is 12.1. The average molecular weight is 227 g/mol. The number of methoxy groups -OCH3 is 1. The Hall–Kier alpha value is -1.95. The number of hydrogen-bond donors (Lipinski definition) is 4. The number of ether oxygens (including phenoxy) is 1. The van der Waals surface area contributed by atoms with E-state index in [0.29, 0.717) is 5.56 Å². The van der Waals surface area contributed by atoms with Crippen LogP contribution in [0.3, 0.4) is 0 Å². The van der Waals surface area contributed by atoms with Crippen LogP contribution in [0.5, 0.6) is 17.2 Å². The monoisotopic (exact) mass is 227 g/mol. The van der Waals surface area contributed by atoms with Crippen molar-refractivity contribution < 1.29 is 24.9 Å². The molecule has 0 bridgehead atoms. The summed E-state index contributed by atoms with van der Waals surface area (Å²) >= 11 is 0. The summed E-state index contributed by atoms with van der Waals surface area (Å²) in [5.41, 5.74) is 5.75. The van der Waals surface area contributed by atoms with Crippen molar-refractivity contribution in [2.45, 2.75) is 12.5 Å². The highest BCUT2D eigenvalue weighted by Crippen LogP contribution is 2.36. The van der Waals surface area contributed by atoms with Gasteiger partial charge in [0.2, 0.25) is 5.75 Å². The molecule has 0 saturated carbocycles. The van der Waals surface area contributed by atoms with Gasteiger partial charge in [0.25, 0.3) is 0 Å². The number of phenols is 2. The Labute approximate surface area is 91.9 Å². The molecular formula is C10H13NO5. The summed E-state index contributed by atoms with van der Waals surface area (Å²) in [6.45, 7) is 0. The van der Waals surface area contributed by atoms with Gasteiger partial charge in [0.1, 0.15) is 6.04 Å². The van der Waals surface area contributed by atoms with Crippen LogP contribution in [0.4, 0.5) is 0 Å². The van der Waals surface area contributed by atoms with Crippen LogP contribution in [-0.4, -0.2) is 34.4 Å². The highest BCUT2D eigenvalue weighted by Gasteiger charge is 2.15. The van der Waals surface area contributed by atoms with Crippen molar-refractivity contribution in [1.82, 2.24) is 0 Å². The molecular weight excluding hydrogens is 214 g/mol. The zero-order valence-corrected chi connectivity index (χ0v) is 8.67. The molecule has 1 atom stereocenters. The van der Waals surface area contributed by atoms with E-state index in [2.05, 4.69) is 0 Å². The molecule has 0 aliphatic heterocycles. The van der Waals surface area contributed by atoms with Crippen molar-refractivity contribution in [2.75, 3.05) is 7.11 Å². The van der Waals surface area contributed by atoms with Gasteiger partial charge in [0.05, 0.1) is 7.11 Å². The van der Waals surface area contributed by atoms with Crippen molar-refractivity contribution in [3.63, 3.8) is 0 Å². The summed E-state index contributed by atoms with van der Waals surface area (Å²) in [7, 11) is 1.30. The molecule has 0 amide bonds. The predicted octanol–water partition coefficient (Wildman–Crippen LogP) is 0.0608. The van der Waals surface area contributed by atoms with Crippen molar-refractivity contribution >= 4 is 5.97 Å². The van der Waals surface area contributed by atoms with Crippen LogP contribution in [0, 0.1) is 0 Å². The molecule has 1 aromatic carbocycles. The number of carboxylic acids is 1. The van der Waals surface area contributed by atoms with E-state index in [1.807, 2.05) is 0 Å². The highest BCUT2D eigenvalue weighted by molar-refractivity contribution is 5.73. The molecule has 0 aliphatic rings. The summed E-state index contributed by atoms with van der Waals surface area (Å²) in [4.78, 5) is 10.5. The van der Waals surface area contributed by atoms with E-state index in [-0.39, 0.29) is 23.7 Å². The van der Waals surface area contributed by atoms with E-state index < -0.39 is 12.0 Å². The molecule has 0 radical (unpaired) electrons. The van der Waals surface area contributed by atoms with Gasteiger partial charge < -0.3 is 25.8 Å². The van der Waals surface area contributed by atoms with Crippen molar-refractivity contribution in [3.8, 4) is 17.2 Å². The molecule has 0 heterocycles. The maximum absolute atomic E-state index is 10.5. The number of benzene rings is 1. The van der Waals surface area contributed by atoms with Crippen molar-refractivity contribution in [3.05, 3.63) is 17.7 Å². The van der Waals surface area contributed by atoms with Gasteiger partial charge in [-0.2, -0.15) is 0 Å². The topological polar surface area (TPSA) is 113 Å². The summed E-state index contributed by atoms with van der Waals surface area (Å²) < 4.78 is 4.74.